The summed E-state index contributed by atoms with van der Waals surface area (Å²) in [6.07, 6.45) is 20.7. The Hall–Kier alpha value is -2.56. The zero-order valence-corrected chi connectivity index (χ0v) is 63.5. The summed E-state index contributed by atoms with van der Waals surface area (Å²) in [6.45, 7) is 3.45. The molecule has 3 rings (SSSR count). The number of carbonyl (C=O) groups is 3. The highest BCUT2D eigenvalue weighted by Crippen LogP contribution is 2.49. The molecule has 0 aromatic heterocycles. The summed E-state index contributed by atoms with van der Waals surface area (Å²) >= 11 is 0. The number of hydrogen-bond acceptors (Lipinski definition) is 23. The van der Waals surface area contributed by atoms with Gasteiger partial charge in [-0.05, 0) is 70.6 Å². The van der Waals surface area contributed by atoms with E-state index in [4.69, 9.17) is 42.2 Å². The summed E-state index contributed by atoms with van der Waals surface area (Å²) in [6, 6.07) is 0. The number of phosphoric acid groups is 1. The molecule has 24 nitrogen and oxygen atoms in total. The first kappa shape index (κ1) is 93.6. The molecule has 18 atom stereocenters. The van der Waals surface area contributed by atoms with Crippen LogP contribution in [0, 0.1) is 0 Å². The molecule has 1 aliphatic carbocycles. The third kappa shape index (κ3) is 40.6. The molecular formula is C77H141O24P. The van der Waals surface area contributed by atoms with Crippen LogP contribution in [0.15, 0.2) is 24.3 Å². The Balaban J connectivity index is 1.70. The van der Waals surface area contributed by atoms with E-state index in [0.29, 0.717) is 19.3 Å². The highest BCUT2D eigenvalue weighted by Gasteiger charge is 2.58. The molecule has 102 heavy (non-hydrogen) atoms. The van der Waals surface area contributed by atoms with Gasteiger partial charge in [-0.1, -0.05) is 251 Å². The van der Waals surface area contributed by atoms with Gasteiger partial charge in [0.25, 0.3) is 0 Å². The van der Waals surface area contributed by atoms with Crippen molar-refractivity contribution in [3.8, 4) is 0 Å². The molecule has 18 unspecified atom stereocenters. The van der Waals surface area contributed by atoms with Crippen LogP contribution in [-0.2, 0) is 61.2 Å². The second kappa shape index (κ2) is 58.5. The van der Waals surface area contributed by atoms with E-state index in [1.54, 1.807) is 0 Å². The molecule has 0 amide bonds. The van der Waals surface area contributed by atoms with Crippen LogP contribution in [0.2, 0.25) is 0 Å². The SMILES string of the molecule is CCCCCC/C=C\CCCCCCCCCC(=O)OCC(COP(=O)(O)OC1C(OC2OC(CO)C(O)C(O)C2O)C(O)C(O)C(O)C1OC1OC(COC(=O)CCCCCCCCCCCCCCCCCCC)C(O)C(O)C1O)OC(=O)CCCCCCCCC/C=C\CCCCCC. The monoisotopic (exact) mass is 1480 g/mol. The molecule has 598 valence electrons. The molecule has 2 heterocycles. The van der Waals surface area contributed by atoms with Crippen molar-refractivity contribution in [3.05, 3.63) is 24.3 Å². The van der Waals surface area contributed by atoms with E-state index >= 15 is 0 Å². The second-order valence-electron chi connectivity index (χ2n) is 28.8. The van der Waals surface area contributed by atoms with Crippen LogP contribution in [0.5, 0.6) is 0 Å². The molecule has 0 aromatic rings. The molecule has 3 fully saturated rings. The Morgan fingerprint density at radius 3 is 1.07 bits per heavy atom. The standard InChI is InChI=1S/C77H141O24P/c1-4-7-10-13-16-19-22-25-28-29-32-34-37-40-43-46-49-52-62(80)94-57-60-65(83)67(85)72(90)77(98-60)100-74-70(88)68(86)69(87)73(99-76-71(89)66(84)64(82)59(54-78)97-76)75(74)101-102(91,92)95-56-58(96-63(81)53-50-47-44-41-38-35-31-27-24-21-18-15-12-9-6-3)55-93-61(79)51-48-45-42-39-36-33-30-26-23-20-17-14-11-8-5-2/h20-21,23-24,58-60,64-78,82-90H,4-19,22,25-57H2,1-3H3,(H,91,92)/b23-20-,24-21-. The smallest absolute Gasteiger partial charge is 0.463 e. The Bertz CT molecular complexity index is 2190. The second-order valence-corrected chi connectivity index (χ2v) is 30.2. The van der Waals surface area contributed by atoms with Gasteiger partial charge in [-0.15, -0.1) is 0 Å². The van der Waals surface area contributed by atoms with Gasteiger partial charge >= 0.3 is 25.7 Å². The number of esters is 3. The fraction of sp³-hybridized carbons (Fsp3) is 0.909. The fourth-order valence-corrected chi connectivity index (χ4v) is 14.1. The predicted octanol–water partition coefficient (Wildman–Crippen LogP) is 12.1. The number of phosphoric ester groups is 1. The van der Waals surface area contributed by atoms with Crippen LogP contribution in [0.3, 0.4) is 0 Å². The minimum absolute atomic E-state index is 0.0318. The first-order chi connectivity index (χ1) is 49.3. The van der Waals surface area contributed by atoms with Crippen molar-refractivity contribution in [2.45, 2.75) is 420 Å². The molecule has 11 N–H and O–H groups in total. The average molecular weight is 1480 g/mol. The van der Waals surface area contributed by atoms with Gasteiger partial charge < -0.3 is 89.1 Å². The summed E-state index contributed by atoms with van der Waals surface area (Å²) in [5.74, 6) is -1.99. The Morgan fingerprint density at radius 1 is 0.373 bits per heavy atom. The number of aliphatic hydroxyl groups is 10. The molecule has 25 heteroatoms. The van der Waals surface area contributed by atoms with Crippen LogP contribution in [-0.4, -0.2) is 204 Å². The van der Waals surface area contributed by atoms with Crippen molar-refractivity contribution in [2.24, 2.45) is 0 Å². The average Bonchev–Trinajstić information content (AvgIpc) is 0.761. The maximum Gasteiger partial charge on any atom is 0.472 e. The molecule has 3 aliphatic rings. The molecule has 2 saturated heterocycles. The largest absolute Gasteiger partial charge is 0.472 e. The van der Waals surface area contributed by atoms with Crippen molar-refractivity contribution in [3.63, 3.8) is 0 Å². The number of ether oxygens (including phenoxy) is 7. The minimum atomic E-state index is -5.70. The van der Waals surface area contributed by atoms with Gasteiger partial charge in [-0.3, -0.25) is 23.4 Å². The fourth-order valence-electron chi connectivity index (χ4n) is 13.2. The lowest BCUT2D eigenvalue weighted by atomic mass is 9.84. The molecule has 1 saturated carbocycles. The maximum atomic E-state index is 14.4. The summed E-state index contributed by atoms with van der Waals surface area (Å²) in [5.41, 5.74) is 0. The van der Waals surface area contributed by atoms with E-state index in [2.05, 4.69) is 45.1 Å². The number of unbranched alkanes of at least 4 members (excludes halogenated alkanes) is 38. The van der Waals surface area contributed by atoms with E-state index in [-0.39, 0.29) is 19.3 Å². The number of allylic oxidation sites excluding steroid dienone is 4. The summed E-state index contributed by atoms with van der Waals surface area (Å²) in [7, 11) is -5.70. The topological polar surface area (TPSA) is 374 Å². The van der Waals surface area contributed by atoms with Crippen molar-refractivity contribution in [1.82, 2.24) is 0 Å². The van der Waals surface area contributed by atoms with E-state index < -0.39 is 156 Å². The highest BCUT2D eigenvalue weighted by molar-refractivity contribution is 7.47. The van der Waals surface area contributed by atoms with Crippen LogP contribution in [0.4, 0.5) is 0 Å². The normalized spacial score (nSPS) is 27.1. The van der Waals surface area contributed by atoms with E-state index in [1.807, 2.05) is 0 Å². The molecule has 0 bridgehead atoms. The Labute approximate surface area is 611 Å². The maximum absolute atomic E-state index is 14.4. The lowest BCUT2D eigenvalue weighted by Gasteiger charge is -2.49. The zero-order valence-electron chi connectivity index (χ0n) is 62.7. The predicted molar refractivity (Wildman–Crippen MR) is 388 cm³/mol. The van der Waals surface area contributed by atoms with E-state index in [0.717, 1.165) is 135 Å². The molecular weight excluding hydrogens is 1340 g/mol. The van der Waals surface area contributed by atoms with E-state index in [1.165, 1.54) is 122 Å². The van der Waals surface area contributed by atoms with Crippen LogP contribution >= 0.6 is 7.82 Å². The first-order valence-electron chi connectivity index (χ1n) is 40.1. The molecule has 2 aliphatic heterocycles. The van der Waals surface area contributed by atoms with Crippen LogP contribution in [0.1, 0.15) is 316 Å². The number of hydrogen-bond donors (Lipinski definition) is 11. The van der Waals surface area contributed by atoms with Gasteiger partial charge in [-0.2, -0.15) is 0 Å². The van der Waals surface area contributed by atoms with Crippen LogP contribution < -0.4 is 0 Å². The van der Waals surface area contributed by atoms with Crippen LogP contribution in [0.25, 0.3) is 0 Å². The van der Waals surface area contributed by atoms with Crippen molar-refractivity contribution in [2.75, 3.05) is 26.4 Å². The van der Waals surface area contributed by atoms with Crippen molar-refractivity contribution in [1.29, 1.82) is 0 Å². The van der Waals surface area contributed by atoms with Crippen molar-refractivity contribution < 1.29 is 117 Å². The summed E-state index contributed by atoms with van der Waals surface area (Å²) in [4.78, 5) is 51.1. The van der Waals surface area contributed by atoms with Gasteiger partial charge in [0.1, 0.15) is 98.7 Å². The number of rotatable bonds is 63. The quantitative estimate of drug-likeness (QED) is 0.00886. The highest BCUT2D eigenvalue weighted by atomic mass is 31.2. The van der Waals surface area contributed by atoms with E-state index in [9.17, 15) is 74.9 Å². The third-order valence-corrected chi connectivity index (χ3v) is 20.7. The van der Waals surface area contributed by atoms with Gasteiger partial charge in [0.15, 0.2) is 18.7 Å². The molecule has 0 aromatic carbocycles. The number of carbonyl (C=O) groups excluding carboxylic acids is 3. The minimum Gasteiger partial charge on any atom is -0.463 e. The van der Waals surface area contributed by atoms with Gasteiger partial charge in [-0.25, -0.2) is 4.57 Å². The van der Waals surface area contributed by atoms with Crippen molar-refractivity contribution >= 4 is 25.7 Å². The first-order valence-corrected chi connectivity index (χ1v) is 41.6. The number of aliphatic hydroxyl groups excluding tert-OH is 10. The zero-order chi connectivity index (χ0) is 74.6. The summed E-state index contributed by atoms with van der Waals surface area (Å²) in [5, 5.41) is 110. The van der Waals surface area contributed by atoms with Gasteiger partial charge in [0, 0.05) is 19.3 Å². The van der Waals surface area contributed by atoms with Gasteiger partial charge in [0.05, 0.1) is 13.2 Å². The Morgan fingerprint density at radius 2 is 0.686 bits per heavy atom. The third-order valence-electron chi connectivity index (χ3n) is 19.7. The molecule has 0 radical (unpaired) electrons. The lowest BCUT2D eigenvalue weighted by molar-refractivity contribution is -0.360. The lowest BCUT2D eigenvalue weighted by Crippen LogP contribution is -2.69. The Kier molecular flexibility index (Phi) is 53.7. The summed E-state index contributed by atoms with van der Waals surface area (Å²) < 4.78 is 65.2. The van der Waals surface area contributed by atoms with Gasteiger partial charge in [0.2, 0.25) is 0 Å². The molecule has 0 spiro atoms.